The summed E-state index contributed by atoms with van der Waals surface area (Å²) in [5.74, 6) is 0.160. The number of anilines is 1. The lowest BCUT2D eigenvalue weighted by Gasteiger charge is -2.21. The van der Waals surface area contributed by atoms with Gasteiger partial charge in [0.05, 0.1) is 16.9 Å². The molecule has 0 saturated carbocycles. The summed E-state index contributed by atoms with van der Waals surface area (Å²) in [7, 11) is 1.95. The van der Waals surface area contributed by atoms with Crippen LogP contribution in [0.4, 0.5) is 5.95 Å². The van der Waals surface area contributed by atoms with E-state index in [-0.39, 0.29) is 5.95 Å². The van der Waals surface area contributed by atoms with Gasteiger partial charge >= 0.3 is 0 Å². The third-order valence-corrected chi connectivity index (χ3v) is 5.68. The fourth-order valence-electron chi connectivity index (χ4n) is 3.04. The van der Waals surface area contributed by atoms with E-state index < -0.39 is 5.60 Å². The van der Waals surface area contributed by atoms with E-state index in [1.165, 1.54) is 17.5 Å². The van der Waals surface area contributed by atoms with Gasteiger partial charge in [0, 0.05) is 41.3 Å². The molecule has 0 fully saturated rings. The zero-order chi connectivity index (χ0) is 18.5. The maximum absolute atomic E-state index is 11.0. The Balaban J connectivity index is 1.95. The number of fused-ring (bicyclic) bond motifs is 1. The first-order valence-electron chi connectivity index (χ1n) is 7.88. The standard InChI is InChI=1S/C18H16ClN5OS/c1-18(25,16-21-5-6-26-16)10-3-4-14-11(7-10)12(9-24(14)2)15-13(19)8-22-17(20)23-15/h3-9,25H,1-2H3,(H2,20,22,23). The van der Waals surface area contributed by atoms with E-state index in [0.717, 1.165) is 22.0 Å². The van der Waals surface area contributed by atoms with E-state index in [1.54, 1.807) is 13.1 Å². The van der Waals surface area contributed by atoms with Gasteiger partial charge in [0.1, 0.15) is 10.6 Å². The van der Waals surface area contributed by atoms with Crippen LogP contribution < -0.4 is 5.73 Å². The molecule has 132 valence electrons. The first-order valence-corrected chi connectivity index (χ1v) is 9.14. The molecule has 1 unspecified atom stereocenters. The fraction of sp³-hybridized carbons (Fsp3) is 0.167. The smallest absolute Gasteiger partial charge is 0.220 e. The highest BCUT2D eigenvalue weighted by molar-refractivity contribution is 7.09. The lowest BCUT2D eigenvalue weighted by molar-refractivity contribution is 0.102. The Kier molecular flexibility index (Phi) is 3.95. The minimum atomic E-state index is -1.19. The predicted molar refractivity (Wildman–Crippen MR) is 104 cm³/mol. The molecule has 0 aliphatic rings. The van der Waals surface area contributed by atoms with Crippen molar-refractivity contribution in [2.24, 2.45) is 7.05 Å². The van der Waals surface area contributed by atoms with Gasteiger partial charge in [0.25, 0.3) is 0 Å². The molecule has 3 aromatic heterocycles. The predicted octanol–water partition coefficient (Wildman–Crippen LogP) is 3.58. The molecular formula is C18H16ClN5OS. The van der Waals surface area contributed by atoms with Crippen LogP contribution in [-0.4, -0.2) is 24.6 Å². The largest absolute Gasteiger partial charge is 0.378 e. The minimum absolute atomic E-state index is 0.160. The third kappa shape index (κ3) is 2.65. The molecule has 3 N–H and O–H groups in total. The highest BCUT2D eigenvalue weighted by atomic mass is 35.5. The van der Waals surface area contributed by atoms with Crippen molar-refractivity contribution in [1.29, 1.82) is 0 Å². The number of benzene rings is 1. The van der Waals surface area contributed by atoms with Crippen LogP contribution >= 0.6 is 22.9 Å². The average molecular weight is 386 g/mol. The van der Waals surface area contributed by atoms with Crippen LogP contribution in [0.1, 0.15) is 17.5 Å². The lowest BCUT2D eigenvalue weighted by atomic mass is 9.94. The SMILES string of the molecule is Cn1cc(-c2nc(N)ncc2Cl)c2cc(C(C)(O)c3nccs3)ccc21. The van der Waals surface area contributed by atoms with Crippen molar-refractivity contribution in [3.63, 3.8) is 0 Å². The number of nitrogen functional groups attached to an aromatic ring is 1. The number of thiazole rings is 1. The van der Waals surface area contributed by atoms with E-state index in [4.69, 9.17) is 17.3 Å². The Morgan fingerprint density at radius 2 is 2.12 bits per heavy atom. The first-order chi connectivity index (χ1) is 12.4. The van der Waals surface area contributed by atoms with Crippen molar-refractivity contribution in [2.45, 2.75) is 12.5 Å². The van der Waals surface area contributed by atoms with Crippen LogP contribution in [0.3, 0.4) is 0 Å². The summed E-state index contributed by atoms with van der Waals surface area (Å²) >= 11 is 7.72. The van der Waals surface area contributed by atoms with Crippen LogP contribution in [0, 0.1) is 0 Å². The van der Waals surface area contributed by atoms with Crippen molar-refractivity contribution in [3.05, 3.63) is 57.8 Å². The molecule has 4 rings (SSSR count). The number of aliphatic hydroxyl groups is 1. The summed E-state index contributed by atoms with van der Waals surface area (Å²) in [6, 6.07) is 5.82. The van der Waals surface area contributed by atoms with Gasteiger partial charge in [-0.25, -0.2) is 15.0 Å². The zero-order valence-corrected chi connectivity index (χ0v) is 15.7. The summed E-state index contributed by atoms with van der Waals surface area (Å²) in [5.41, 5.74) is 7.69. The van der Waals surface area contributed by atoms with Crippen LogP contribution in [-0.2, 0) is 12.6 Å². The molecule has 3 heterocycles. The second-order valence-electron chi connectivity index (χ2n) is 6.22. The van der Waals surface area contributed by atoms with Gasteiger partial charge < -0.3 is 15.4 Å². The first kappa shape index (κ1) is 17.0. The number of aryl methyl sites for hydroxylation is 1. The Morgan fingerprint density at radius 3 is 2.85 bits per heavy atom. The van der Waals surface area contributed by atoms with E-state index in [2.05, 4.69) is 15.0 Å². The summed E-state index contributed by atoms with van der Waals surface area (Å²) < 4.78 is 1.99. The van der Waals surface area contributed by atoms with Gasteiger partial charge in [-0.2, -0.15) is 0 Å². The topological polar surface area (TPSA) is 89.9 Å². The lowest BCUT2D eigenvalue weighted by Crippen LogP contribution is -2.22. The normalized spacial score (nSPS) is 13.8. The van der Waals surface area contributed by atoms with Gasteiger partial charge in [0.2, 0.25) is 5.95 Å². The van der Waals surface area contributed by atoms with Crippen molar-refractivity contribution >= 4 is 39.8 Å². The Labute approximate surface area is 158 Å². The maximum Gasteiger partial charge on any atom is 0.220 e. The van der Waals surface area contributed by atoms with Crippen LogP contribution in [0.15, 0.2) is 42.2 Å². The molecule has 1 atom stereocenters. The van der Waals surface area contributed by atoms with Crippen molar-refractivity contribution in [1.82, 2.24) is 19.5 Å². The molecule has 0 saturated heterocycles. The van der Waals surface area contributed by atoms with Gasteiger partial charge in [-0.3, -0.25) is 0 Å². The second-order valence-corrected chi connectivity index (χ2v) is 7.52. The van der Waals surface area contributed by atoms with Crippen LogP contribution in [0.5, 0.6) is 0 Å². The fourth-order valence-corrected chi connectivity index (χ4v) is 3.95. The van der Waals surface area contributed by atoms with Crippen molar-refractivity contribution in [3.8, 4) is 11.3 Å². The molecule has 0 amide bonds. The Hall–Kier alpha value is -2.48. The Bertz CT molecular complexity index is 1100. The van der Waals surface area contributed by atoms with Gasteiger partial charge in [-0.05, 0) is 24.6 Å². The number of rotatable bonds is 3. The molecule has 1 aromatic carbocycles. The van der Waals surface area contributed by atoms with E-state index in [0.29, 0.717) is 15.7 Å². The van der Waals surface area contributed by atoms with Gasteiger partial charge in [-0.1, -0.05) is 17.7 Å². The Morgan fingerprint density at radius 1 is 1.31 bits per heavy atom. The number of nitrogens with two attached hydrogens (primary N) is 1. The molecule has 26 heavy (non-hydrogen) atoms. The van der Waals surface area contributed by atoms with E-state index >= 15 is 0 Å². The highest BCUT2D eigenvalue weighted by Gasteiger charge is 2.29. The molecule has 0 bridgehead atoms. The monoisotopic (exact) mass is 385 g/mol. The van der Waals surface area contributed by atoms with Crippen molar-refractivity contribution in [2.75, 3.05) is 5.73 Å². The number of hydrogen-bond acceptors (Lipinski definition) is 6. The number of hydrogen-bond donors (Lipinski definition) is 2. The summed E-state index contributed by atoms with van der Waals surface area (Å²) in [5, 5.41) is 14.9. The van der Waals surface area contributed by atoms with E-state index in [9.17, 15) is 5.11 Å². The molecule has 0 spiro atoms. The zero-order valence-electron chi connectivity index (χ0n) is 14.1. The maximum atomic E-state index is 11.0. The summed E-state index contributed by atoms with van der Waals surface area (Å²) in [6.07, 6.45) is 5.12. The average Bonchev–Trinajstić information content (AvgIpc) is 3.26. The molecular weight excluding hydrogens is 370 g/mol. The van der Waals surface area contributed by atoms with Crippen molar-refractivity contribution < 1.29 is 5.11 Å². The number of nitrogens with zero attached hydrogens (tertiary/aromatic N) is 4. The molecule has 0 radical (unpaired) electrons. The third-order valence-electron chi connectivity index (χ3n) is 4.42. The molecule has 8 heteroatoms. The minimum Gasteiger partial charge on any atom is -0.378 e. The molecule has 4 aromatic rings. The summed E-state index contributed by atoms with van der Waals surface area (Å²) in [4.78, 5) is 12.5. The van der Waals surface area contributed by atoms with Gasteiger partial charge in [0.15, 0.2) is 0 Å². The van der Waals surface area contributed by atoms with Crippen LogP contribution in [0.2, 0.25) is 5.02 Å². The summed E-state index contributed by atoms with van der Waals surface area (Å²) in [6.45, 7) is 1.74. The molecule has 0 aliphatic carbocycles. The second kappa shape index (κ2) is 6.05. The number of halogens is 1. The quantitative estimate of drug-likeness (QED) is 0.562. The molecule has 6 nitrogen and oxygen atoms in total. The molecule has 0 aliphatic heterocycles. The van der Waals surface area contributed by atoms with E-state index in [1.807, 2.05) is 41.4 Å². The van der Waals surface area contributed by atoms with Gasteiger partial charge in [-0.15, -0.1) is 11.3 Å². The highest BCUT2D eigenvalue weighted by Crippen LogP contribution is 2.37. The number of aromatic nitrogens is 4. The van der Waals surface area contributed by atoms with Crippen LogP contribution in [0.25, 0.3) is 22.2 Å².